The number of hydrogen-bond acceptors (Lipinski definition) is 8. The van der Waals surface area contributed by atoms with Gasteiger partial charge in [-0.15, -0.1) is 10.2 Å². The van der Waals surface area contributed by atoms with Crippen molar-refractivity contribution in [3.8, 4) is 22.6 Å². The maximum absolute atomic E-state index is 14.8. The molecule has 1 aliphatic heterocycles. The molecule has 162 valence electrons. The van der Waals surface area contributed by atoms with Crippen LogP contribution in [0.2, 0.25) is 0 Å². The lowest BCUT2D eigenvalue weighted by molar-refractivity contribution is 0.0880. The van der Waals surface area contributed by atoms with Crippen molar-refractivity contribution in [2.24, 2.45) is 7.05 Å². The van der Waals surface area contributed by atoms with Gasteiger partial charge in [0.05, 0.1) is 25.9 Å². The van der Waals surface area contributed by atoms with Crippen LogP contribution in [0.15, 0.2) is 36.5 Å². The molecular weight excluding hydrogens is 434 g/mol. The van der Waals surface area contributed by atoms with Crippen LogP contribution in [0, 0.1) is 5.82 Å². The quantitative estimate of drug-likeness (QED) is 0.529. The van der Waals surface area contributed by atoms with Gasteiger partial charge in [-0.2, -0.15) is 4.80 Å². The van der Waals surface area contributed by atoms with Gasteiger partial charge in [-0.25, -0.2) is 13.8 Å². The van der Waals surface area contributed by atoms with Crippen LogP contribution in [0.25, 0.3) is 22.6 Å². The monoisotopic (exact) mass is 450 g/mol. The maximum atomic E-state index is 14.8. The molecule has 2 N–H and O–H groups in total. The number of hydrogen-bond donors (Lipinski definition) is 2. The van der Waals surface area contributed by atoms with Gasteiger partial charge >= 0.3 is 13.9 Å². The van der Waals surface area contributed by atoms with Crippen LogP contribution in [-0.4, -0.2) is 60.3 Å². The minimum absolute atomic E-state index is 0.0271. The number of phosphoric acid groups is 1. The van der Waals surface area contributed by atoms with E-state index in [1.54, 1.807) is 31.4 Å². The second-order valence-electron chi connectivity index (χ2n) is 6.60. The molecule has 3 heterocycles. The number of benzene rings is 1. The summed E-state index contributed by atoms with van der Waals surface area (Å²) in [6, 6.07) is 7.69. The van der Waals surface area contributed by atoms with Crippen LogP contribution in [0.4, 0.5) is 14.9 Å². The van der Waals surface area contributed by atoms with Gasteiger partial charge in [-0.3, -0.25) is 14.4 Å². The van der Waals surface area contributed by atoms with Crippen LogP contribution in [-0.2, 0) is 20.9 Å². The predicted molar refractivity (Wildman–Crippen MR) is 103 cm³/mol. The van der Waals surface area contributed by atoms with Gasteiger partial charge < -0.3 is 14.5 Å². The number of rotatable bonds is 6. The largest absolute Gasteiger partial charge is 0.469 e. The number of carbonyl (C=O) groups excluding carboxylic acids is 1. The summed E-state index contributed by atoms with van der Waals surface area (Å²) in [6.45, 7) is -0.624. The first-order valence-corrected chi connectivity index (χ1v) is 10.4. The Kier molecular flexibility index (Phi) is 5.50. The lowest BCUT2D eigenvalue weighted by atomic mass is 10.1. The third kappa shape index (κ3) is 4.75. The molecule has 1 amide bonds. The number of aryl methyl sites for hydroxylation is 1. The Morgan fingerprint density at radius 3 is 2.68 bits per heavy atom. The van der Waals surface area contributed by atoms with E-state index in [9.17, 15) is 13.8 Å². The summed E-state index contributed by atoms with van der Waals surface area (Å²) in [6.07, 6.45) is -0.237. The van der Waals surface area contributed by atoms with E-state index in [2.05, 4.69) is 24.9 Å². The number of tetrazole rings is 1. The normalized spacial score (nSPS) is 16.6. The average molecular weight is 450 g/mol. The highest BCUT2D eigenvalue weighted by atomic mass is 31.2. The molecular formula is C17H16FN6O6P. The van der Waals surface area contributed by atoms with Gasteiger partial charge in [-0.05, 0) is 29.0 Å². The molecule has 2 aromatic heterocycles. The second kappa shape index (κ2) is 8.12. The predicted octanol–water partition coefficient (Wildman–Crippen LogP) is 1.51. The highest BCUT2D eigenvalue weighted by molar-refractivity contribution is 7.46. The number of cyclic esters (lactones) is 1. The lowest BCUT2D eigenvalue weighted by Crippen LogP contribution is -2.26. The fraction of sp³-hybridized carbons (Fsp3) is 0.235. The van der Waals surface area contributed by atoms with Crippen molar-refractivity contribution in [1.82, 2.24) is 25.2 Å². The first-order valence-electron chi connectivity index (χ1n) is 8.88. The molecule has 3 aromatic rings. The molecule has 0 radical (unpaired) electrons. The SMILES string of the molecule is Cn1nnc(-c2ccc(-c3ccc(N4C[C@H](COP(=O)(O)O)OC4=O)c(F)c3)cn2)n1. The molecule has 1 saturated heterocycles. The zero-order valence-corrected chi connectivity index (χ0v) is 16.9. The highest BCUT2D eigenvalue weighted by Gasteiger charge is 2.35. The summed E-state index contributed by atoms with van der Waals surface area (Å²) in [5.41, 5.74) is 1.65. The molecule has 31 heavy (non-hydrogen) atoms. The third-order valence-corrected chi connectivity index (χ3v) is 4.86. The van der Waals surface area contributed by atoms with Crippen LogP contribution in [0.3, 0.4) is 0 Å². The summed E-state index contributed by atoms with van der Waals surface area (Å²) < 4.78 is 34.9. The van der Waals surface area contributed by atoms with Crippen molar-refractivity contribution in [3.05, 3.63) is 42.3 Å². The molecule has 1 atom stereocenters. The van der Waals surface area contributed by atoms with Crippen molar-refractivity contribution >= 4 is 19.6 Å². The summed E-state index contributed by atoms with van der Waals surface area (Å²) in [4.78, 5) is 36.2. The Bertz CT molecular complexity index is 1170. The van der Waals surface area contributed by atoms with Gasteiger partial charge in [0.25, 0.3) is 0 Å². The van der Waals surface area contributed by atoms with Crippen molar-refractivity contribution in [2.45, 2.75) is 6.10 Å². The molecule has 12 nitrogen and oxygen atoms in total. The molecule has 1 aromatic carbocycles. The topological polar surface area (TPSA) is 153 Å². The summed E-state index contributed by atoms with van der Waals surface area (Å²) >= 11 is 0. The van der Waals surface area contributed by atoms with Crippen LogP contribution in [0.1, 0.15) is 0 Å². The Morgan fingerprint density at radius 1 is 1.29 bits per heavy atom. The van der Waals surface area contributed by atoms with E-state index in [1.807, 2.05) is 0 Å². The maximum Gasteiger partial charge on any atom is 0.469 e. The number of nitrogens with zero attached hydrogens (tertiary/aromatic N) is 6. The first-order chi connectivity index (χ1) is 14.7. The number of carbonyl (C=O) groups is 1. The minimum Gasteiger partial charge on any atom is -0.441 e. The highest BCUT2D eigenvalue weighted by Crippen LogP contribution is 2.37. The molecule has 4 rings (SSSR count). The average Bonchev–Trinajstić information content (AvgIpc) is 3.31. The van der Waals surface area contributed by atoms with Crippen LogP contribution in [0.5, 0.6) is 0 Å². The number of anilines is 1. The van der Waals surface area contributed by atoms with Crippen molar-refractivity contribution in [1.29, 1.82) is 0 Å². The Labute approximate surface area is 174 Å². The minimum atomic E-state index is -4.70. The Hall–Kier alpha value is -3.25. The van der Waals surface area contributed by atoms with E-state index < -0.39 is 32.4 Å². The smallest absolute Gasteiger partial charge is 0.441 e. The fourth-order valence-corrected chi connectivity index (χ4v) is 3.33. The third-order valence-electron chi connectivity index (χ3n) is 4.38. The van der Waals surface area contributed by atoms with Crippen molar-refractivity contribution < 1.29 is 32.8 Å². The number of amides is 1. The number of phosphoric ester groups is 1. The van der Waals surface area contributed by atoms with E-state index >= 15 is 0 Å². The molecule has 0 unspecified atom stereocenters. The Balaban J connectivity index is 1.49. The molecule has 0 aliphatic carbocycles. The molecule has 1 fully saturated rings. The molecule has 1 aliphatic rings. The first kappa shape index (κ1) is 21.0. The summed E-state index contributed by atoms with van der Waals surface area (Å²) in [5, 5.41) is 11.7. The standard InChI is InChI=1S/C17H16FN6O6P/c1-23-21-16(20-22-23)14-4-2-11(7-19-14)10-3-5-15(13(18)6-10)24-8-12(30-17(24)25)9-29-31(26,27)28/h2-7,12H,8-9H2,1H3,(H2,26,27,28)/t12-/m1/s1. The van der Waals surface area contributed by atoms with E-state index in [0.29, 0.717) is 22.6 Å². The van der Waals surface area contributed by atoms with Gasteiger partial charge in [0.2, 0.25) is 5.82 Å². The van der Waals surface area contributed by atoms with Gasteiger partial charge in [-0.1, -0.05) is 12.1 Å². The summed E-state index contributed by atoms with van der Waals surface area (Å²) in [7, 11) is -3.07. The van der Waals surface area contributed by atoms with E-state index in [0.717, 1.165) is 4.90 Å². The molecule has 14 heteroatoms. The zero-order chi connectivity index (χ0) is 22.2. The van der Waals surface area contributed by atoms with E-state index in [-0.39, 0.29) is 12.2 Å². The molecule has 0 saturated carbocycles. The number of ether oxygens (including phenoxy) is 1. The van der Waals surface area contributed by atoms with Crippen LogP contribution < -0.4 is 4.90 Å². The molecule has 0 bridgehead atoms. The van der Waals surface area contributed by atoms with Gasteiger partial charge in [0.15, 0.2) is 0 Å². The van der Waals surface area contributed by atoms with Crippen molar-refractivity contribution in [2.75, 3.05) is 18.1 Å². The molecule has 0 spiro atoms. The van der Waals surface area contributed by atoms with Gasteiger partial charge in [0.1, 0.15) is 17.6 Å². The van der Waals surface area contributed by atoms with Crippen molar-refractivity contribution in [3.63, 3.8) is 0 Å². The second-order valence-corrected chi connectivity index (χ2v) is 7.84. The number of halogens is 1. The van der Waals surface area contributed by atoms with E-state index in [1.165, 1.54) is 16.9 Å². The Morgan fingerprint density at radius 2 is 2.06 bits per heavy atom. The number of aromatic nitrogens is 5. The summed E-state index contributed by atoms with van der Waals surface area (Å²) in [5.74, 6) is -0.314. The van der Waals surface area contributed by atoms with Gasteiger partial charge in [0, 0.05) is 11.8 Å². The van der Waals surface area contributed by atoms with Crippen LogP contribution >= 0.6 is 7.82 Å². The van der Waals surface area contributed by atoms with E-state index in [4.69, 9.17) is 14.5 Å². The lowest BCUT2D eigenvalue weighted by Gasteiger charge is -2.15. The fourth-order valence-electron chi connectivity index (χ4n) is 2.97. The number of pyridine rings is 1. The zero-order valence-electron chi connectivity index (χ0n) is 16.0.